The standard InChI is InChI=1S/C28H30O6S/c1-34-17-22-18-35(32,33)27(16-29)28(22)26(31)14-11-20(19-7-3-2-4-8-19)15-21-12-13-25(30)24-10-6-5-9-23(21)24/h2-10,12-13,15,26-27,29-31H,11,14,16-18H2,1H3/b20-15-/t26-,27+/m1/s1. The van der Waals surface area contributed by atoms with Gasteiger partial charge in [0.1, 0.15) is 11.0 Å². The molecule has 7 heteroatoms. The van der Waals surface area contributed by atoms with E-state index in [1.54, 1.807) is 6.07 Å². The van der Waals surface area contributed by atoms with E-state index in [4.69, 9.17) is 4.74 Å². The molecule has 1 aliphatic heterocycles. The van der Waals surface area contributed by atoms with Gasteiger partial charge in [0.2, 0.25) is 0 Å². The Morgan fingerprint density at radius 1 is 1.06 bits per heavy atom. The highest BCUT2D eigenvalue weighted by molar-refractivity contribution is 7.92. The molecule has 3 aromatic rings. The average Bonchev–Trinajstić information content (AvgIpc) is 3.12. The summed E-state index contributed by atoms with van der Waals surface area (Å²) < 4.78 is 30.3. The first-order valence-corrected chi connectivity index (χ1v) is 13.2. The van der Waals surface area contributed by atoms with E-state index in [1.807, 2.05) is 66.7 Å². The van der Waals surface area contributed by atoms with Crippen molar-refractivity contribution in [3.63, 3.8) is 0 Å². The van der Waals surface area contributed by atoms with Gasteiger partial charge in [0, 0.05) is 12.5 Å². The topological polar surface area (TPSA) is 104 Å². The van der Waals surface area contributed by atoms with Crippen LogP contribution in [0.3, 0.4) is 0 Å². The average molecular weight is 495 g/mol. The van der Waals surface area contributed by atoms with Crippen LogP contribution in [-0.2, 0) is 14.6 Å². The fourth-order valence-electron chi connectivity index (χ4n) is 4.83. The number of rotatable bonds is 9. The molecule has 0 radical (unpaired) electrons. The monoisotopic (exact) mass is 494 g/mol. The summed E-state index contributed by atoms with van der Waals surface area (Å²) in [4.78, 5) is 0. The molecule has 2 atom stereocenters. The van der Waals surface area contributed by atoms with Crippen LogP contribution in [0.1, 0.15) is 24.0 Å². The molecule has 0 saturated heterocycles. The van der Waals surface area contributed by atoms with Crippen LogP contribution in [0.2, 0.25) is 0 Å². The van der Waals surface area contributed by atoms with E-state index < -0.39 is 27.8 Å². The molecule has 0 aliphatic carbocycles. The molecule has 0 amide bonds. The fraction of sp³-hybridized carbons (Fsp3) is 0.286. The highest BCUT2D eigenvalue weighted by Gasteiger charge is 2.41. The van der Waals surface area contributed by atoms with Crippen molar-refractivity contribution in [2.75, 3.05) is 26.1 Å². The minimum absolute atomic E-state index is 0.100. The Morgan fingerprint density at radius 3 is 2.43 bits per heavy atom. The van der Waals surface area contributed by atoms with Crippen molar-refractivity contribution in [3.05, 3.63) is 89.0 Å². The van der Waals surface area contributed by atoms with E-state index in [2.05, 4.69) is 0 Å². The van der Waals surface area contributed by atoms with Gasteiger partial charge in [-0.25, -0.2) is 8.42 Å². The molecular formula is C28H30O6S. The Hall–Kier alpha value is -2.97. The number of methoxy groups -OCH3 is 1. The predicted molar refractivity (Wildman–Crippen MR) is 139 cm³/mol. The lowest BCUT2D eigenvalue weighted by Gasteiger charge is -2.20. The Bertz CT molecular complexity index is 1360. The molecule has 4 rings (SSSR count). The van der Waals surface area contributed by atoms with E-state index in [-0.39, 0.29) is 24.5 Å². The van der Waals surface area contributed by atoms with Crippen LogP contribution < -0.4 is 0 Å². The second-order valence-electron chi connectivity index (χ2n) is 8.78. The quantitative estimate of drug-likeness (QED) is 0.307. The number of fused-ring (bicyclic) bond motifs is 1. The van der Waals surface area contributed by atoms with E-state index in [9.17, 15) is 23.7 Å². The van der Waals surface area contributed by atoms with Gasteiger partial charge in [-0.1, -0.05) is 66.7 Å². The Balaban J connectivity index is 1.69. The summed E-state index contributed by atoms with van der Waals surface area (Å²) >= 11 is 0. The lowest BCUT2D eigenvalue weighted by Crippen LogP contribution is -2.29. The van der Waals surface area contributed by atoms with Crippen molar-refractivity contribution in [1.29, 1.82) is 0 Å². The molecule has 0 saturated carbocycles. The maximum Gasteiger partial charge on any atom is 0.163 e. The maximum absolute atomic E-state index is 12.5. The molecule has 6 nitrogen and oxygen atoms in total. The first-order valence-electron chi connectivity index (χ1n) is 11.5. The van der Waals surface area contributed by atoms with Gasteiger partial charge in [-0.15, -0.1) is 0 Å². The first kappa shape index (κ1) is 25.1. The Labute approximate surface area is 205 Å². The smallest absolute Gasteiger partial charge is 0.163 e. The highest BCUT2D eigenvalue weighted by atomic mass is 32.2. The van der Waals surface area contributed by atoms with Gasteiger partial charge >= 0.3 is 0 Å². The van der Waals surface area contributed by atoms with Crippen molar-refractivity contribution in [1.82, 2.24) is 0 Å². The zero-order chi connectivity index (χ0) is 25.0. The number of hydrogen-bond acceptors (Lipinski definition) is 6. The molecule has 0 fully saturated rings. The van der Waals surface area contributed by atoms with Gasteiger partial charge in [0.15, 0.2) is 9.84 Å². The van der Waals surface area contributed by atoms with Gasteiger partial charge in [0.05, 0.1) is 25.1 Å². The highest BCUT2D eigenvalue weighted by Crippen LogP contribution is 2.35. The normalized spacial score (nSPS) is 18.8. The van der Waals surface area contributed by atoms with Crippen LogP contribution in [0.15, 0.2) is 77.9 Å². The van der Waals surface area contributed by atoms with Crippen molar-refractivity contribution in [2.24, 2.45) is 0 Å². The van der Waals surface area contributed by atoms with Crippen molar-refractivity contribution >= 4 is 32.3 Å². The van der Waals surface area contributed by atoms with Gasteiger partial charge < -0.3 is 20.1 Å². The molecule has 0 unspecified atom stereocenters. The zero-order valence-electron chi connectivity index (χ0n) is 19.6. The molecule has 35 heavy (non-hydrogen) atoms. The number of aliphatic hydroxyl groups is 2. The number of allylic oxidation sites excluding steroid dienone is 1. The van der Waals surface area contributed by atoms with Crippen molar-refractivity contribution < 1.29 is 28.5 Å². The third-order valence-electron chi connectivity index (χ3n) is 6.50. The lowest BCUT2D eigenvalue weighted by molar-refractivity contribution is 0.184. The molecule has 3 aromatic carbocycles. The molecule has 0 spiro atoms. The lowest BCUT2D eigenvalue weighted by atomic mass is 9.91. The minimum Gasteiger partial charge on any atom is -0.507 e. The van der Waals surface area contributed by atoms with Crippen LogP contribution in [-0.4, -0.2) is 61.2 Å². The number of hydrogen-bond donors (Lipinski definition) is 3. The number of benzene rings is 3. The molecule has 0 aromatic heterocycles. The molecule has 1 heterocycles. The summed E-state index contributed by atoms with van der Waals surface area (Å²) in [5.74, 6) is 0.00354. The van der Waals surface area contributed by atoms with E-state index in [0.29, 0.717) is 17.6 Å². The van der Waals surface area contributed by atoms with E-state index in [1.165, 1.54) is 7.11 Å². The largest absolute Gasteiger partial charge is 0.507 e. The predicted octanol–water partition coefficient (Wildman–Crippen LogP) is 3.96. The van der Waals surface area contributed by atoms with Crippen molar-refractivity contribution in [2.45, 2.75) is 24.2 Å². The summed E-state index contributed by atoms with van der Waals surface area (Å²) in [5, 5.41) is 31.7. The van der Waals surface area contributed by atoms with Crippen molar-refractivity contribution in [3.8, 4) is 5.75 Å². The zero-order valence-corrected chi connectivity index (χ0v) is 20.4. The summed E-state index contributed by atoms with van der Waals surface area (Å²) in [5.41, 5.74) is 3.77. The summed E-state index contributed by atoms with van der Waals surface area (Å²) in [6.45, 7) is -0.466. The molecule has 184 valence electrons. The van der Waals surface area contributed by atoms with Crippen LogP contribution in [0.25, 0.3) is 22.4 Å². The molecular weight excluding hydrogens is 464 g/mol. The number of aromatic hydroxyl groups is 1. The van der Waals surface area contributed by atoms with Crippen LogP contribution >= 0.6 is 0 Å². The number of phenols is 1. The third kappa shape index (κ3) is 5.33. The maximum atomic E-state index is 12.5. The second kappa shape index (κ2) is 10.7. The van der Waals surface area contributed by atoms with E-state index in [0.717, 1.165) is 27.5 Å². The summed E-state index contributed by atoms with van der Waals surface area (Å²) in [7, 11) is -2.09. The number of sulfone groups is 1. The van der Waals surface area contributed by atoms with Gasteiger partial charge in [-0.3, -0.25) is 0 Å². The number of ether oxygens (including phenoxy) is 1. The molecule has 1 aliphatic rings. The van der Waals surface area contributed by atoms with Crippen LogP contribution in [0.4, 0.5) is 0 Å². The fourth-order valence-corrected chi connectivity index (χ4v) is 6.70. The molecule has 0 bridgehead atoms. The number of phenolic OH excluding ortho intramolecular Hbond substituents is 1. The Kier molecular flexibility index (Phi) is 7.72. The minimum atomic E-state index is -3.57. The van der Waals surface area contributed by atoms with Gasteiger partial charge in [-0.05, 0) is 52.1 Å². The third-order valence-corrected chi connectivity index (χ3v) is 8.52. The first-order chi connectivity index (χ1) is 16.9. The number of aliphatic hydroxyl groups excluding tert-OH is 2. The summed E-state index contributed by atoms with van der Waals surface area (Å²) in [6, 6.07) is 21.0. The SMILES string of the molecule is COCC1=C([C@H](O)CC/C(=C/c2ccc(O)c3ccccc23)c2ccccc2)[C@H](CO)S(=O)(=O)C1. The van der Waals surface area contributed by atoms with Crippen LogP contribution in [0.5, 0.6) is 5.75 Å². The molecule has 3 N–H and O–H groups in total. The van der Waals surface area contributed by atoms with E-state index >= 15 is 0 Å². The summed E-state index contributed by atoms with van der Waals surface area (Å²) in [6.07, 6.45) is 1.77. The van der Waals surface area contributed by atoms with Gasteiger partial charge in [0.25, 0.3) is 0 Å². The van der Waals surface area contributed by atoms with Crippen LogP contribution in [0, 0.1) is 0 Å². The Morgan fingerprint density at radius 2 is 1.74 bits per heavy atom. The van der Waals surface area contributed by atoms with Gasteiger partial charge in [-0.2, -0.15) is 0 Å². The second-order valence-corrected chi connectivity index (χ2v) is 11.0.